The van der Waals surface area contributed by atoms with E-state index >= 15 is 0 Å². The molecular weight excluding hydrogens is 217 g/mol. The molecule has 0 aliphatic carbocycles. The standard InChI is InChI=1S/C11H15F3N2/c1-8(16-7-6-15)9-2-4-10(5-3-9)11(12,13)14/h2-5,8,16H,6-7,15H2,1H3. The summed E-state index contributed by atoms with van der Waals surface area (Å²) in [4.78, 5) is 0. The molecular formula is C11H15F3N2. The lowest BCUT2D eigenvalue weighted by molar-refractivity contribution is -0.137. The van der Waals surface area contributed by atoms with E-state index in [0.717, 1.165) is 17.7 Å². The van der Waals surface area contributed by atoms with Crippen molar-refractivity contribution in [3.05, 3.63) is 35.4 Å². The summed E-state index contributed by atoms with van der Waals surface area (Å²) >= 11 is 0. The molecule has 0 aromatic heterocycles. The molecule has 1 atom stereocenters. The zero-order chi connectivity index (χ0) is 12.2. The van der Waals surface area contributed by atoms with Crippen molar-refractivity contribution in [3.8, 4) is 0 Å². The van der Waals surface area contributed by atoms with Gasteiger partial charge in [0.1, 0.15) is 0 Å². The monoisotopic (exact) mass is 232 g/mol. The Hall–Kier alpha value is -1.07. The number of rotatable bonds is 4. The van der Waals surface area contributed by atoms with Gasteiger partial charge in [0.15, 0.2) is 0 Å². The first-order valence-corrected chi connectivity index (χ1v) is 5.05. The predicted molar refractivity (Wildman–Crippen MR) is 56.9 cm³/mol. The van der Waals surface area contributed by atoms with Crippen LogP contribution in [0.4, 0.5) is 13.2 Å². The minimum atomic E-state index is -4.27. The molecule has 0 saturated carbocycles. The maximum atomic E-state index is 12.3. The van der Waals surface area contributed by atoms with Crippen LogP contribution in [0.25, 0.3) is 0 Å². The predicted octanol–water partition coefficient (Wildman–Crippen LogP) is 2.31. The normalized spacial score (nSPS) is 13.8. The highest BCUT2D eigenvalue weighted by atomic mass is 19.4. The first kappa shape index (κ1) is 13.0. The van der Waals surface area contributed by atoms with E-state index in [9.17, 15) is 13.2 Å². The third-order valence-electron chi connectivity index (χ3n) is 2.33. The van der Waals surface area contributed by atoms with Crippen molar-refractivity contribution < 1.29 is 13.2 Å². The van der Waals surface area contributed by atoms with Crippen molar-refractivity contribution in [3.63, 3.8) is 0 Å². The summed E-state index contributed by atoms with van der Waals surface area (Å²) in [6.45, 7) is 3.03. The smallest absolute Gasteiger partial charge is 0.329 e. The SMILES string of the molecule is CC(NCCN)c1ccc(C(F)(F)F)cc1. The number of hydrogen-bond acceptors (Lipinski definition) is 2. The highest BCUT2D eigenvalue weighted by Crippen LogP contribution is 2.29. The van der Waals surface area contributed by atoms with Gasteiger partial charge in [-0.05, 0) is 24.6 Å². The first-order chi connectivity index (χ1) is 7.45. The number of hydrogen-bond donors (Lipinski definition) is 2. The van der Waals surface area contributed by atoms with Crippen molar-refractivity contribution >= 4 is 0 Å². The second-order valence-corrected chi connectivity index (χ2v) is 3.58. The second kappa shape index (κ2) is 5.32. The molecule has 90 valence electrons. The largest absolute Gasteiger partial charge is 0.416 e. The second-order valence-electron chi connectivity index (χ2n) is 3.58. The zero-order valence-electron chi connectivity index (χ0n) is 9.01. The van der Waals surface area contributed by atoms with E-state index in [4.69, 9.17) is 5.73 Å². The summed E-state index contributed by atoms with van der Waals surface area (Å²) in [5.41, 5.74) is 5.52. The lowest BCUT2D eigenvalue weighted by Gasteiger charge is -2.14. The van der Waals surface area contributed by atoms with Crippen LogP contribution >= 0.6 is 0 Å². The average Bonchev–Trinajstić information content (AvgIpc) is 2.25. The van der Waals surface area contributed by atoms with Crippen molar-refractivity contribution in [2.75, 3.05) is 13.1 Å². The third kappa shape index (κ3) is 3.50. The van der Waals surface area contributed by atoms with Gasteiger partial charge >= 0.3 is 6.18 Å². The molecule has 0 radical (unpaired) electrons. The lowest BCUT2D eigenvalue weighted by Crippen LogP contribution is -2.25. The summed E-state index contributed by atoms with van der Waals surface area (Å²) in [5, 5.41) is 3.10. The Morgan fingerprint density at radius 3 is 2.25 bits per heavy atom. The molecule has 1 unspecified atom stereocenters. The van der Waals surface area contributed by atoms with Gasteiger partial charge in [0.05, 0.1) is 5.56 Å². The minimum absolute atomic E-state index is 0.00540. The molecule has 2 nitrogen and oxygen atoms in total. The van der Waals surface area contributed by atoms with E-state index in [2.05, 4.69) is 5.32 Å². The molecule has 0 heterocycles. The van der Waals surface area contributed by atoms with E-state index in [1.807, 2.05) is 6.92 Å². The van der Waals surface area contributed by atoms with Crippen molar-refractivity contribution in [2.24, 2.45) is 5.73 Å². The van der Waals surface area contributed by atoms with Crippen LogP contribution in [0.3, 0.4) is 0 Å². The molecule has 3 N–H and O–H groups in total. The maximum Gasteiger partial charge on any atom is 0.416 e. The van der Waals surface area contributed by atoms with Gasteiger partial charge in [-0.2, -0.15) is 13.2 Å². The third-order valence-corrected chi connectivity index (χ3v) is 2.33. The summed E-state index contributed by atoms with van der Waals surface area (Å²) in [6.07, 6.45) is -4.27. The van der Waals surface area contributed by atoms with Crippen molar-refractivity contribution in [1.29, 1.82) is 0 Å². The number of benzene rings is 1. The van der Waals surface area contributed by atoms with E-state index in [0.29, 0.717) is 13.1 Å². The van der Waals surface area contributed by atoms with E-state index in [-0.39, 0.29) is 6.04 Å². The number of nitrogens with two attached hydrogens (primary N) is 1. The minimum Gasteiger partial charge on any atom is -0.329 e. The number of nitrogens with one attached hydrogen (secondary N) is 1. The Morgan fingerprint density at radius 2 is 1.81 bits per heavy atom. The Balaban J connectivity index is 2.71. The molecule has 0 aliphatic rings. The fraction of sp³-hybridized carbons (Fsp3) is 0.455. The van der Waals surface area contributed by atoms with Gasteiger partial charge in [0.2, 0.25) is 0 Å². The Bertz CT molecular complexity index is 319. The van der Waals surface area contributed by atoms with Gasteiger partial charge in [0, 0.05) is 19.1 Å². The van der Waals surface area contributed by atoms with Gasteiger partial charge in [-0.15, -0.1) is 0 Å². The molecule has 1 aromatic rings. The Labute approximate surface area is 92.6 Å². The molecule has 5 heteroatoms. The molecule has 0 saturated heterocycles. The Morgan fingerprint density at radius 1 is 1.25 bits per heavy atom. The topological polar surface area (TPSA) is 38.0 Å². The molecule has 0 bridgehead atoms. The molecule has 0 fully saturated rings. The van der Waals surface area contributed by atoms with Gasteiger partial charge in [-0.1, -0.05) is 12.1 Å². The van der Waals surface area contributed by atoms with Crippen LogP contribution in [0, 0.1) is 0 Å². The molecule has 16 heavy (non-hydrogen) atoms. The first-order valence-electron chi connectivity index (χ1n) is 5.05. The van der Waals surface area contributed by atoms with Gasteiger partial charge in [0.25, 0.3) is 0 Å². The van der Waals surface area contributed by atoms with E-state index in [1.54, 1.807) is 0 Å². The highest BCUT2D eigenvalue weighted by Gasteiger charge is 2.30. The van der Waals surface area contributed by atoms with Crippen LogP contribution in [0.2, 0.25) is 0 Å². The number of halogens is 3. The van der Waals surface area contributed by atoms with Crippen LogP contribution < -0.4 is 11.1 Å². The van der Waals surface area contributed by atoms with Crippen LogP contribution in [0.1, 0.15) is 24.1 Å². The number of alkyl halides is 3. The summed E-state index contributed by atoms with van der Waals surface area (Å²) in [7, 11) is 0. The molecule has 1 rings (SSSR count). The van der Waals surface area contributed by atoms with Crippen LogP contribution in [-0.4, -0.2) is 13.1 Å². The average molecular weight is 232 g/mol. The highest BCUT2D eigenvalue weighted by molar-refractivity contribution is 5.26. The van der Waals surface area contributed by atoms with Gasteiger partial charge in [-0.25, -0.2) is 0 Å². The maximum absolute atomic E-state index is 12.3. The van der Waals surface area contributed by atoms with Crippen molar-refractivity contribution in [2.45, 2.75) is 19.1 Å². The van der Waals surface area contributed by atoms with Crippen LogP contribution in [0.5, 0.6) is 0 Å². The zero-order valence-corrected chi connectivity index (χ0v) is 9.01. The molecule has 0 aliphatic heterocycles. The quantitative estimate of drug-likeness (QED) is 0.836. The van der Waals surface area contributed by atoms with Crippen LogP contribution in [0.15, 0.2) is 24.3 Å². The summed E-state index contributed by atoms with van der Waals surface area (Å²) < 4.78 is 36.9. The van der Waals surface area contributed by atoms with Gasteiger partial charge in [-0.3, -0.25) is 0 Å². The van der Waals surface area contributed by atoms with Gasteiger partial charge < -0.3 is 11.1 Å². The fourth-order valence-corrected chi connectivity index (χ4v) is 1.38. The lowest BCUT2D eigenvalue weighted by atomic mass is 10.1. The molecule has 0 amide bonds. The van der Waals surface area contributed by atoms with E-state index < -0.39 is 11.7 Å². The fourth-order valence-electron chi connectivity index (χ4n) is 1.38. The van der Waals surface area contributed by atoms with E-state index in [1.165, 1.54) is 12.1 Å². The summed E-state index contributed by atoms with van der Waals surface area (Å²) in [6, 6.07) is 5.16. The molecule has 0 spiro atoms. The van der Waals surface area contributed by atoms with Crippen LogP contribution in [-0.2, 0) is 6.18 Å². The molecule has 1 aromatic carbocycles. The van der Waals surface area contributed by atoms with Crippen molar-refractivity contribution in [1.82, 2.24) is 5.32 Å². The summed E-state index contributed by atoms with van der Waals surface area (Å²) in [5.74, 6) is 0. The Kier molecular flexibility index (Phi) is 4.32.